The van der Waals surface area contributed by atoms with Gasteiger partial charge in [-0.1, -0.05) is 28.1 Å². The number of hydrogen-bond donors (Lipinski definition) is 3. The van der Waals surface area contributed by atoms with Gasteiger partial charge in [-0.25, -0.2) is 0 Å². The molecule has 0 bridgehead atoms. The van der Waals surface area contributed by atoms with Crippen molar-refractivity contribution in [2.24, 2.45) is 5.73 Å². The SMILES string of the molecule is Nc1ccc(Br)c([C@H](N)c2ccc(OC(F)(F)F)cc2)c1O. The van der Waals surface area contributed by atoms with E-state index in [0.717, 1.165) is 12.1 Å². The molecule has 0 fully saturated rings. The van der Waals surface area contributed by atoms with Crippen molar-refractivity contribution in [2.45, 2.75) is 12.4 Å². The molecular weight excluding hydrogens is 365 g/mol. The number of halogens is 4. The van der Waals surface area contributed by atoms with Crippen molar-refractivity contribution in [3.63, 3.8) is 0 Å². The molecule has 0 unspecified atom stereocenters. The highest BCUT2D eigenvalue weighted by Gasteiger charge is 2.31. The van der Waals surface area contributed by atoms with Gasteiger partial charge in [0, 0.05) is 10.0 Å². The van der Waals surface area contributed by atoms with Crippen LogP contribution in [0.5, 0.6) is 11.5 Å². The van der Waals surface area contributed by atoms with Crippen LogP contribution in [-0.4, -0.2) is 11.5 Å². The molecule has 0 aliphatic rings. The van der Waals surface area contributed by atoms with E-state index >= 15 is 0 Å². The number of aromatic hydroxyl groups is 1. The molecule has 2 rings (SSSR count). The average molecular weight is 377 g/mol. The van der Waals surface area contributed by atoms with Gasteiger partial charge in [0.2, 0.25) is 0 Å². The lowest BCUT2D eigenvalue weighted by Gasteiger charge is -2.17. The van der Waals surface area contributed by atoms with Gasteiger partial charge in [-0.15, -0.1) is 13.2 Å². The minimum absolute atomic E-state index is 0.158. The first-order valence-corrected chi connectivity index (χ1v) is 6.86. The molecule has 0 spiro atoms. The van der Waals surface area contributed by atoms with E-state index < -0.39 is 12.4 Å². The normalized spacial score (nSPS) is 13.0. The smallest absolute Gasteiger partial charge is 0.505 e. The van der Waals surface area contributed by atoms with Crippen molar-refractivity contribution < 1.29 is 23.0 Å². The van der Waals surface area contributed by atoms with Crippen LogP contribution in [0, 0.1) is 0 Å². The van der Waals surface area contributed by atoms with Crippen LogP contribution >= 0.6 is 15.9 Å². The second-order valence-corrected chi connectivity index (χ2v) is 5.35. The Morgan fingerprint density at radius 1 is 1.09 bits per heavy atom. The summed E-state index contributed by atoms with van der Waals surface area (Å²) >= 11 is 3.26. The Morgan fingerprint density at radius 2 is 1.68 bits per heavy atom. The highest BCUT2D eigenvalue weighted by atomic mass is 79.9. The van der Waals surface area contributed by atoms with Crippen LogP contribution in [0.15, 0.2) is 40.9 Å². The van der Waals surface area contributed by atoms with Crippen molar-refractivity contribution in [1.82, 2.24) is 0 Å². The van der Waals surface area contributed by atoms with Crippen LogP contribution in [0.3, 0.4) is 0 Å². The van der Waals surface area contributed by atoms with Crippen LogP contribution in [0.25, 0.3) is 0 Å². The maximum absolute atomic E-state index is 12.1. The van der Waals surface area contributed by atoms with Crippen LogP contribution in [0.1, 0.15) is 17.2 Å². The van der Waals surface area contributed by atoms with Crippen LogP contribution in [-0.2, 0) is 0 Å². The number of nitrogen functional groups attached to an aromatic ring is 1. The Bertz CT molecular complexity index is 675. The molecule has 8 heteroatoms. The van der Waals surface area contributed by atoms with Crippen LogP contribution in [0.2, 0.25) is 0 Å². The number of phenolic OH excluding ortho intramolecular Hbond substituents is 1. The van der Waals surface area contributed by atoms with Crippen molar-refractivity contribution in [1.29, 1.82) is 0 Å². The zero-order valence-electron chi connectivity index (χ0n) is 11.1. The van der Waals surface area contributed by atoms with Gasteiger partial charge in [0.15, 0.2) is 0 Å². The van der Waals surface area contributed by atoms with Gasteiger partial charge in [0.25, 0.3) is 0 Å². The van der Waals surface area contributed by atoms with Gasteiger partial charge in [0.1, 0.15) is 11.5 Å². The molecule has 0 radical (unpaired) electrons. The van der Waals surface area contributed by atoms with Crippen LogP contribution in [0.4, 0.5) is 18.9 Å². The van der Waals surface area contributed by atoms with Gasteiger partial charge in [-0.2, -0.15) is 0 Å². The summed E-state index contributed by atoms with van der Waals surface area (Å²) in [6, 6.07) is 7.46. The Balaban J connectivity index is 2.31. The number of hydrogen-bond acceptors (Lipinski definition) is 4. The number of phenols is 1. The van der Waals surface area contributed by atoms with Gasteiger partial charge in [-0.05, 0) is 29.8 Å². The minimum Gasteiger partial charge on any atom is -0.505 e. The molecule has 0 aliphatic heterocycles. The van der Waals surface area contributed by atoms with E-state index in [0.29, 0.717) is 15.6 Å². The van der Waals surface area contributed by atoms with Crippen LogP contribution < -0.4 is 16.2 Å². The molecule has 4 nitrogen and oxygen atoms in total. The van der Waals surface area contributed by atoms with E-state index in [1.165, 1.54) is 18.2 Å². The van der Waals surface area contributed by atoms with Crippen molar-refractivity contribution >= 4 is 21.6 Å². The van der Waals surface area contributed by atoms with E-state index in [1.807, 2.05) is 0 Å². The topological polar surface area (TPSA) is 81.5 Å². The third kappa shape index (κ3) is 3.63. The number of nitrogens with two attached hydrogens (primary N) is 2. The molecule has 0 saturated heterocycles. The molecule has 1 atom stereocenters. The number of ether oxygens (including phenoxy) is 1. The highest BCUT2D eigenvalue weighted by molar-refractivity contribution is 9.10. The summed E-state index contributed by atoms with van der Waals surface area (Å²) in [5.41, 5.74) is 12.7. The third-order valence-electron chi connectivity index (χ3n) is 2.98. The third-order valence-corrected chi connectivity index (χ3v) is 3.67. The minimum atomic E-state index is -4.75. The Morgan fingerprint density at radius 3 is 2.23 bits per heavy atom. The first-order chi connectivity index (χ1) is 10.2. The molecule has 118 valence electrons. The second-order valence-electron chi connectivity index (χ2n) is 4.49. The molecule has 5 N–H and O–H groups in total. The predicted octanol–water partition coefficient (Wildman–Crippen LogP) is 3.68. The van der Waals surface area contributed by atoms with Crippen molar-refractivity contribution in [3.05, 3.63) is 52.0 Å². The van der Waals surface area contributed by atoms with Crippen molar-refractivity contribution in [3.8, 4) is 11.5 Å². The standard InChI is InChI=1S/C14H12BrF3N2O2/c15-9-5-6-10(19)13(21)11(9)12(20)7-1-3-8(4-2-7)22-14(16,17)18/h1-6,12,21H,19-20H2/t12-/m1/s1. The lowest BCUT2D eigenvalue weighted by molar-refractivity contribution is -0.274. The Labute approximate surface area is 132 Å². The second kappa shape index (κ2) is 6.05. The number of rotatable bonds is 3. The monoisotopic (exact) mass is 376 g/mol. The van der Waals surface area contributed by atoms with E-state index in [2.05, 4.69) is 20.7 Å². The lowest BCUT2D eigenvalue weighted by Crippen LogP contribution is -2.17. The average Bonchev–Trinajstić information content (AvgIpc) is 2.42. The summed E-state index contributed by atoms with van der Waals surface area (Å²) in [5, 5.41) is 10.0. The lowest BCUT2D eigenvalue weighted by atomic mass is 9.98. The number of alkyl halides is 3. The molecule has 2 aromatic rings. The molecular formula is C14H12BrF3N2O2. The molecule has 0 aliphatic carbocycles. The maximum atomic E-state index is 12.1. The fourth-order valence-corrected chi connectivity index (χ4v) is 2.51. The fourth-order valence-electron chi connectivity index (χ4n) is 1.94. The summed E-state index contributed by atoms with van der Waals surface area (Å²) < 4.78 is 40.7. The molecule has 0 heterocycles. The molecule has 0 amide bonds. The Hall–Kier alpha value is -1.93. The van der Waals surface area contributed by atoms with E-state index in [4.69, 9.17) is 11.5 Å². The van der Waals surface area contributed by atoms with Gasteiger partial charge in [-0.3, -0.25) is 0 Å². The summed E-state index contributed by atoms with van der Waals surface area (Å²) in [6.07, 6.45) is -4.75. The fraction of sp³-hybridized carbons (Fsp3) is 0.143. The maximum Gasteiger partial charge on any atom is 0.573 e. The van der Waals surface area contributed by atoms with E-state index in [-0.39, 0.29) is 17.2 Å². The summed E-state index contributed by atoms with van der Waals surface area (Å²) in [6.45, 7) is 0. The number of anilines is 1. The highest BCUT2D eigenvalue weighted by Crippen LogP contribution is 2.38. The predicted molar refractivity (Wildman–Crippen MR) is 79.4 cm³/mol. The Kier molecular flexibility index (Phi) is 4.52. The zero-order valence-corrected chi connectivity index (χ0v) is 12.6. The summed E-state index contributed by atoms with van der Waals surface area (Å²) in [7, 11) is 0. The largest absolute Gasteiger partial charge is 0.573 e. The van der Waals surface area contributed by atoms with Crippen molar-refractivity contribution in [2.75, 3.05) is 5.73 Å². The summed E-state index contributed by atoms with van der Waals surface area (Å²) in [5.74, 6) is -0.517. The molecule has 0 saturated carbocycles. The molecule has 0 aromatic heterocycles. The van der Waals surface area contributed by atoms with E-state index in [1.54, 1.807) is 6.07 Å². The van der Waals surface area contributed by atoms with Gasteiger partial charge in [0.05, 0.1) is 11.7 Å². The van der Waals surface area contributed by atoms with Gasteiger partial charge >= 0.3 is 6.36 Å². The first-order valence-electron chi connectivity index (χ1n) is 6.07. The quantitative estimate of drug-likeness (QED) is 0.563. The number of benzene rings is 2. The first kappa shape index (κ1) is 16.4. The zero-order chi connectivity index (χ0) is 16.5. The molecule has 2 aromatic carbocycles. The summed E-state index contributed by atoms with van der Waals surface area (Å²) in [4.78, 5) is 0. The van der Waals surface area contributed by atoms with E-state index in [9.17, 15) is 18.3 Å². The van der Waals surface area contributed by atoms with Gasteiger partial charge < -0.3 is 21.3 Å². The molecule has 22 heavy (non-hydrogen) atoms.